The van der Waals surface area contributed by atoms with Crippen LogP contribution in [0, 0.1) is 0 Å². The van der Waals surface area contributed by atoms with Crippen LogP contribution < -0.4 is 11.1 Å². The van der Waals surface area contributed by atoms with Crippen LogP contribution in [0.15, 0.2) is 0 Å². The van der Waals surface area contributed by atoms with Gasteiger partial charge in [0.15, 0.2) is 0 Å². The Kier molecular flexibility index (Phi) is 8.27. The Balaban J connectivity index is 4.71. The molecule has 5 unspecified atom stereocenters. The van der Waals surface area contributed by atoms with Gasteiger partial charge in [-0.2, -0.15) is 0 Å². The number of carboxylic acids is 1. The molecule has 0 aromatic carbocycles. The van der Waals surface area contributed by atoms with Crippen LogP contribution in [0.1, 0.15) is 6.42 Å². The molecule has 21 heavy (non-hydrogen) atoms. The first-order valence-electron chi connectivity index (χ1n) is 5.90. The van der Waals surface area contributed by atoms with E-state index < -0.39 is 61.6 Å². The van der Waals surface area contributed by atoms with Gasteiger partial charge in [0.25, 0.3) is 0 Å². The Morgan fingerprint density at radius 3 is 1.90 bits per heavy atom. The zero-order valence-corrected chi connectivity index (χ0v) is 10.9. The highest BCUT2D eigenvalue weighted by molar-refractivity contribution is 5.83. The quantitative estimate of drug-likeness (QED) is 0.174. The van der Waals surface area contributed by atoms with Crippen molar-refractivity contribution in [2.75, 3.05) is 6.61 Å². The third kappa shape index (κ3) is 6.31. The topological polar surface area (TPSA) is 214 Å². The number of carboxylic acid groups (broad SMARTS) is 1. The fraction of sp³-hybridized carbons (Fsp3) is 0.800. The number of amides is 1. The smallest absolute Gasteiger partial charge is 0.321 e. The molecule has 1 amide bonds. The van der Waals surface area contributed by atoms with Gasteiger partial charge in [-0.15, -0.1) is 0 Å². The van der Waals surface area contributed by atoms with Crippen LogP contribution in [0.4, 0.5) is 0 Å². The normalized spacial score (nSPS) is 20.1. The maximum absolute atomic E-state index is 10.8. The molecule has 0 aliphatic rings. The number of aliphatic hydroxyl groups excluding tert-OH is 6. The van der Waals surface area contributed by atoms with Gasteiger partial charge in [-0.05, 0) is 0 Å². The van der Waals surface area contributed by atoms with E-state index in [0.717, 1.165) is 0 Å². The SMILES string of the molecule is NC(=O)C[C@H](NC(O)C(O)C(O)C(O)C(O)CO)C(=O)O. The molecule has 0 fully saturated rings. The zero-order chi connectivity index (χ0) is 16.7. The number of primary amides is 1. The predicted molar refractivity (Wildman–Crippen MR) is 65.5 cm³/mol. The lowest BCUT2D eigenvalue weighted by molar-refractivity contribution is -0.154. The van der Waals surface area contributed by atoms with Crippen LogP contribution in [0.3, 0.4) is 0 Å². The molecular weight excluding hydrogens is 292 g/mol. The summed E-state index contributed by atoms with van der Waals surface area (Å²) in [5.74, 6) is -2.52. The van der Waals surface area contributed by atoms with Gasteiger partial charge in [0.05, 0.1) is 13.0 Å². The molecule has 0 rings (SSSR count). The number of aliphatic hydroxyl groups is 6. The summed E-state index contributed by atoms with van der Waals surface area (Å²) in [5, 5.41) is 66.3. The molecule has 11 nitrogen and oxygen atoms in total. The van der Waals surface area contributed by atoms with Gasteiger partial charge in [-0.25, -0.2) is 0 Å². The van der Waals surface area contributed by atoms with Crippen molar-refractivity contribution in [3.05, 3.63) is 0 Å². The van der Waals surface area contributed by atoms with Crippen LogP contribution in [0.25, 0.3) is 0 Å². The fourth-order valence-electron chi connectivity index (χ4n) is 1.45. The van der Waals surface area contributed by atoms with E-state index in [1.54, 1.807) is 0 Å². The van der Waals surface area contributed by atoms with Gasteiger partial charge < -0.3 is 41.5 Å². The van der Waals surface area contributed by atoms with Gasteiger partial charge in [0.2, 0.25) is 5.91 Å². The number of aliphatic carboxylic acids is 1. The van der Waals surface area contributed by atoms with E-state index in [2.05, 4.69) is 0 Å². The summed E-state index contributed by atoms with van der Waals surface area (Å²) in [5.41, 5.74) is 4.81. The first kappa shape index (κ1) is 19.7. The zero-order valence-electron chi connectivity index (χ0n) is 10.9. The minimum atomic E-state index is -2.10. The molecule has 0 aliphatic carbocycles. The van der Waals surface area contributed by atoms with E-state index in [1.165, 1.54) is 0 Å². The molecule has 0 aliphatic heterocycles. The van der Waals surface area contributed by atoms with E-state index in [0.29, 0.717) is 0 Å². The van der Waals surface area contributed by atoms with Crippen molar-refractivity contribution in [3.8, 4) is 0 Å². The molecule has 124 valence electrons. The van der Waals surface area contributed by atoms with E-state index in [4.69, 9.17) is 21.1 Å². The Morgan fingerprint density at radius 1 is 1.00 bits per heavy atom. The number of nitrogens with two attached hydrogens (primary N) is 1. The third-order valence-corrected chi connectivity index (χ3v) is 2.68. The number of hydrogen-bond acceptors (Lipinski definition) is 9. The van der Waals surface area contributed by atoms with Crippen molar-refractivity contribution in [2.45, 2.75) is 43.1 Å². The Morgan fingerprint density at radius 2 is 1.52 bits per heavy atom. The van der Waals surface area contributed by atoms with Crippen molar-refractivity contribution >= 4 is 11.9 Å². The van der Waals surface area contributed by atoms with Gasteiger partial charge >= 0.3 is 5.97 Å². The number of hydrogen-bond donors (Lipinski definition) is 9. The second-order valence-corrected chi connectivity index (χ2v) is 4.39. The highest BCUT2D eigenvalue weighted by Crippen LogP contribution is 2.08. The minimum Gasteiger partial charge on any atom is -0.480 e. The van der Waals surface area contributed by atoms with E-state index >= 15 is 0 Å². The lowest BCUT2D eigenvalue weighted by atomic mass is 10.0. The third-order valence-electron chi connectivity index (χ3n) is 2.68. The molecule has 0 radical (unpaired) electrons. The molecule has 10 N–H and O–H groups in total. The maximum Gasteiger partial charge on any atom is 0.321 e. The molecule has 0 saturated carbocycles. The molecule has 0 heterocycles. The second kappa shape index (κ2) is 8.84. The van der Waals surface area contributed by atoms with Crippen LogP contribution >= 0.6 is 0 Å². The molecule has 0 aromatic rings. The van der Waals surface area contributed by atoms with E-state index in [9.17, 15) is 30.0 Å². The fourth-order valence-corrected chi connectivity index (χ4v) is 1.45. The largest absolute Gasteiger partial charge is 0.480 e. The summed E-state index contributed by atoms with van der Waals surface area (Å²) in [7, 11) is 0. The average Bonchev–Trinajstić information content (AvgIpc) is 2.42. The Hall–Kier alpha value is -1.34. The highest BCUT2D eigenvalue weighted by atomic mass is 16.4. The van der Waals surface area contributed by atoms with Crippen molar-refractivity contribution in [1.82, 2.24) is 5.32 Å². The number of carbonyl (C=O) groups is 2. The lowest BCUT2D eigenvalue weighted by Gasteiger charge is -2.30. The number of nitrogens with one attached hydrogen (secondary N) is 1. The van der Waals surface area contributed by atoms with Gasteiger partial charge in [0, 0.05) is 0 Å². The van der Waals surface area contributed by atoms with Crippen LogP contribution in [-0.4, -0.2) is 90.9 Å². The summed E-state index contributed by atoms with van der Waals surface area (Å²) in [6.07, 6.45) is -10.7. The maximum atomic E-state index is 10.8. The van der Waals surface area contributed by atoms with Gasteiger partial charge in [-0.3, -0.25) is 14.9 Å². The van der Waals surface area contributed by atoms with Crippen LogP contribution in [-0.2, 0) is 9.59 Å². The van der Waals surface area contributed by atoms with Gasteiger partial charge in [0.1, 0.15) is 36.7 Å². The molecular formula is C10H20N2O9. The molecule has 0 aromatic heterocycles. The monoisotopic (exact) mass is 312 g/mol. The summed E-state index contributed by atoms with van der Waals surface area (Å²) in [4.78, 5) is 21.5. The van der Waals surface area contributed by atoms with Crippen molar-refractivity contribution in [2.24, 2.45) is 5.73 Å². The summed E-state index contributed by atoms with van der Waals surface area (Å²) in [6.45, 7) is -0.909. The molecule has 6 atom stereocenters. The Labute approximate surface area is 119 Å². The van der Waals surface area contributed by atoms with Crippen molar-refractivity contribution in [1.29, 1.82) is 0 Å². The molecule has 0 bridgehead atoms. The van der Waals surface area contributed by atoms with E-state index in [-0.39, 0.29) is 0 Å². The molecule has 0 spiro atoms. The van der Waals surface area contributed by atoms with Crippen molar-refractivity contribution < 1.29 is 45.3 Å². The average molecular weight is 312 g/mol. The lowest BCUT2D eigenvalue weighted by Crippen LogP contribution is -2.57. The molecule has 0 saturated heterocycles. The summed E-state index contributed by atoms with van der Waals surface area (Å²) < 4.78 is 0. The summed E-state index contributed by atoms with van der Waals surface area (Å²) in [6, 6.07) is -1.63. The minimum absolute atomic E-state index is 0.684. The van der Waals surface area contributed by atoms with Crippen molar-refractivity contribution in [3.63, 3.8) is 0 Å². The van der Waals surface area contributed by atoms with Gasteiger partial charge in [-0.1, -0.05) is 0 Å². The number of carbonyl (C=O) groups excluding carboxylic acids is 1. The summed E-state index contributed by atoms with van der Waals surface area (Å²) >= 11 is 0. The van der Waals surface area contributed by atoms with E-state index in [1.807, 2.05) is 5.32 Å². The first-order valence-corrected chi connectivity index (χ1v) is 5.90. The second-order valence-electron chi connectivity index (χ2n) is 4.39. The predicted octanol–water partition coefficient (Wildman–Crippen LogP) is -5.34. The first-order chi connectivity index (χ1) is 9.61. The molecule has 11 heteroatoms. The van der Waals surface area contributed by atoms with Crippen LogP contribution in [0.5, 0.6) is 0 Å². The standard InChI is InChI=1S/C10H20N2O9/c11-5(15)1-3(10(20)21)12-9(19)8(18)7(17)6(16)4(14)2-13/h3-4,6-9,12-14,16-19H,1-2H2,(H2,11,15)(H,20,21)/t3-,4?,6?,7?,8?,9?/m0/s1. The highest BCUT2D eigenvalue weighted by Gasteiger charge is 2.35. The van der Waals surface area contributed by atoms with Crippen LogP contribution in [0.2, 0.25) is 0 Å². The Bertz CT molecular complexity index is 353. The number of rotatable bonds is 10.